The summed E-state index contributed by atoms with van der Waals surface area (Å²) in [6, 6.07) is 0.458. The molecule has 2 unspecified atom stereocenters. The van der Waals surface area contributed by atoms with E-state index in [1.165, 1.54) is 32.1 Å². The highest BCUT2D eigenvalue weighted by molar-refractivity contribution is 5.76. The summed E-state index contributed by atoms with van der Waals surface area (Å²) in [6.07, 6.45) is 7.01. The van der Waals surface area contributed by atoms with E-state index in [-0.39, 0.29) is 5.91 Å². The Morgan fingerprint density at radius 1 is 1.31 bits per heavy atom. The Labute approximate surface area is 98.4 Å². The number of carbonyl (C=O) groups is 1. The van der Waals surface area contributed by atoms with Crippen LogP contribution < -0.4 is 10.6 Å². The molecule has 2 atom stereocenters. The predicted octanol–water partition coefficient (Wildman–Crippen LogP) is 1.68. The van der Waals surface area contributed by atoms with E-state index in [9.17, 15) is 4.79 Å². The van der Waals surface area contributed by atoms with Gasteiger partial charge in [0.05, 0.1) is 0 Å². The Kier molecular flexibility index (Phi) is 4.22. The van der Waals surface area contributed by atoms with Gasteiger partial charge < -0.3 is 10.6 Å². The standard InChI is InChI=1S/C13H24N2O/c1-2-10-4-3-5-12(6-10)15-13(16)7-11-8-14-9-11/h10-12,14H,2-9H2,1H3,(H,15,16). The highest BCUT2D eigenvalue weighted by atomic mass is 16.1. The van der Waals surface area contributed by atoms with Crippen LogP contribution in [0.3, 0.4) is 0 Å². The summed E-state index contributed by atoms with van der Waals surface area (Å²) in [5.74, 6) is 1.70. The molecular formula is C13H24N2O. The molecular weight excluding hydrogens is 200 g/mol. The SMILES string of the molecule is CCC1CCCC(NC(=O)CC2CNC2)C1. The van der Waals surface area contributed by atoms with Gasteiger partial charge in [-0.25, -0.2) is 0 Å². The normalized spacial score (nSPS) is 30.8. The second-order valence-electron chi connectivity index (χ2n) is 5.43. The minimum absolute atomic E-state index is 0.272. The van der Waals surface area contributed by atoms with Gasteiger partial charge in [0.2, 0.25) is 5.91 Å². The molecule has 1 heterocycles. The first-order valence-corrected chi connectivity index (χ1v) is 6.78. The van der Waals surface area contributed by atoms with E-state index in [1.807, 2.05) is 0 Å². The maximum atomic E-state index is 11.8. The molecule has 2 fully saturated rings. The van der Waals surface area contributed by atoms with Crippen LogP contribution in [0.15, 0.2) is 0 Å². The maximum absolute atomic E-state index is 11.8. The van der Waals surface area contributed by atoms with Gasteiger partial charge in [-0.1, -0.05) is 26.2 Å². The summed E-state index contributed by atoms with van der Waals surface area (Å²) in [6.45, 7) is 4.31. The van der Waals surface area contributed by atoms with Crippen LogP contribution in [-0.2, 0) is 4.79 Å². The Morgan fingerprint density at radius 2 is 2.12 bits per heavy atom. The molecule has 3 heteroatoms. The van der Waals surface area contributed by atoms with Gasteiger partial charge in [-0.3, -0.25) is 4.79 Å². The van der Waals surface area contributed by atoms with Gasteiger partial charge in [0.15, 0.2) is 0 Å². The maximum Gasteiger partial charge on any atom is 0.220 e. The van der Waals surface area contributed by atoms with Crippen molar-refractivity contribution in [2.75, 3.05) is 13.1 Å². The third-order valence-corrected chi connectivity index (χ3v) is 4.07. The minimum Gasteiger partial charge on any atom is -0.353 e. The average molecular weight is 224 g/mol. The zero-order chi connectivity index (χ0) is 11.4. The van der Waals surface area contributed by atoms with E-state index in [0.29, 0.717) is 12.0 Å². The van der Waals surface area contributed by atoms with Crippen LogP contribution >= 0.6 is 0 Å². The van der Waals surface area contributed by atoms with Crippen LogP contribution in [0.25, 0.3) is 0 Å². The third kappa shape index (κ3) is 3.21. The van der Waals surface area contributed by atoms with Crippen molar-refractivity contribution in [2.45, 2.75) is 51.5 Å². The first-order valence-electron chi connectivity index (χ1n) is 6.78. The fourth-order valence-corrected chi connectivity index (χ4v) is 2.83. The van der Waals surface area contributed by atoms with E-state index in [2.05, 4.69) is 17.6 Å². The van der Waals surface area contributed by atoms with Gasteiger partial charge in [0.1, 0.15) is 0 Å². The van der Waals surface area contributed by atoms with Crippen molar-refractivity contribution in [3.63, 3.8) is 0 Å². The molecule has 1 amide bonds. The molecule has 1 aliphatic carbocycles. The van der Waals surface area contributed by atoms with Crippen LogP contribution in [0, 0.1) is 11.8 Å². The summed E-state index contributed by atoms with van der Waals surface area (Å²) < 4.78 is 0. The Balaban J connectivity index is 1.68. The number of nitrogens with one attached hydrogen (secondary N) is 2. The van der Waals surface area contributed by atoms with Crippen LogP contribution in [0.2, 0.25) is 0 Å². The van der Waals surface area contributed by atoms with Crippen molar-refractivity contribution in [3.05, 3.63) is 0 Å². The van der Waals surface area contributed by atoms with E-state index >= 15 is 0 Å². The topological polar surface area (TPSA) is 41.1 Å². The minimum atomic E-state index is 0.272. The molecule has 0 aromatic rings. The number of carbonyl (C=O) groups excluding carboxylic acids is 1. The molecule has 2 rings (SSSR count). The Hall–Kier alpha value is -0.570. The van der Waals surface area contributed by atoms with E-state index < -0.39 is 0 Å². The molecule has 0 bridgehead atoms. The summed E-state index contributed by atoms with van der Waals surface area (Å²) in [4.78, 5) is 11.8. The van der Waals surface area contributed by atoms with Gasteiger partial charge in [-0.2, -0.15) is 0 Å². The predicted molar refractivity (Wildman–Crippen MR) is 65.2 cm³/mol. The van der Waals surface area contributed by atoms with E-state index in [0.717, 1.165) is 25.4 Å². The molecule has 1 aliphatic heterocycles. The van der Waals surface area contributed by atoms with Crippen molar-refractivity contribution in [1.29, 1.82) is 0 Å². The lowest BCUT2D eigenvalue weighted by Gasteiger charge is -2.31. The molecule has 2 N–H and O–H groups in total. The Morgan fingerprint density at radius 3 is 2.75 bits per heavy atom. The average Bonchev–Trinajstić information content (AvgIpc) is 2.24. The number of rotatable bonds is 4. The van der Waals surface area contributed by atoms with Crippen molar-refractivity contribution >= 4 is 5.91 Å². The second kappa shape index (κ2) is 5.67. The smallest absolute Gasteiger partial charge is 0.220 e. The molecule has 16 heavy (non-hydrogen) atoms. The number of amides is 1. The molecule has 3 nitrogen and oxygen atoms in total. The van der Waals surface area contributed by atoms with Crippen molar-refractivity contribution in [3.8, 4) is 0 Å². The second-order valence-corrected chi connectivity index (χ2v) is 5.43. The largest absolute Gasteiger partial charge is 0.353 e. The first kappa shape index (κ1) is 11.9. The fraction of sp³-hybridized carbons (Fsp3) is 0.923. The lowest BCUT2D eigenvalue weighted by molar-refractivity contribution is -0.123. The van der Waals surface area contributed by atoms with Crippen molar-refractivity contribution in [2.24, 2.45) is 11.8 Å². The number of hydrogen-bond acceptors (Lipinski definition) is 2. The molecule has 2 aliphatic rings. The van der Waals surface area contributed by atoms with Crippen LogP contribution in [0.4, 0.5) is 0 Å². The summed E-state index contributed by atoms with van der Waals surface area (Å²) in [5, 5.41) is 6.42. The number of hydrogen-bond donors (Lipinski definition) is 2. The monoisotopic (exact) mass is 224 g/mol. The molecule has 1 saturated heterocycles. The quantitative estimate of drug-likeness (QED) is 0.763. The highest BCUT2D eigenvalue weighted by Crippen LogP contribution is 2.26. The fourth-order valence-electron chi connectivity index (χ4n) is 2.83. The molecule has 92 valence electrons. The van der Waals surface area contributed by atoms with Crippen LogP contribution in [0.5, 0.6) is 0 Å². The summed E-state index contributed by atoms with van der Waals surface area (Å²) in [7, 11) is 0. The first-order chi connectivity index (χ1) is 7.78. The third-order valence-electron chi connectivity index (χ3n) is 4.07. The lowest BCUT2D eigenvalue weighted by atomic mass is 9.84. The van der Waals surface area contributed by atoms with Gasteiger partial charge in [-0.05, 0) is 37.8 Å². The summed E-state index contributed by atoms with van der Waals surface area (Å²) >= 11 is 0. The van der Waals surface area contributed by atoms with Crippen molar-refractivity contribution in [1.82, 2.24) is 10.6 Å². The van der Waals surface area contributed by atoms with Gasteiger partial charge in [0.25, 0.3) is 0 Å². The molecule has 0 radical (unpaired) electrons. The van der Waals surface area contributed by atoms with Gasteiger partial charge in [-0.15, -0.1) is 0 Å². The van der Waals surface area contributed by atoms with Crippen molar-refractivity contribution < 1.29 is 4.79 Å². The van der Waals surface area contributed by atoms with E-state index in [1.54, 1.807) is 0 Å². The zero-order valence-electron chi connectivity index (χ0n) is 10.3. The van der Waals surface area contributed by atoms with Crippen LogP contribution in [-0.4, -0.2) is 25.0 Å². The summed E-state index contributed by atoms with van der Waals surface area (Å²) in [5.41, 5.74) is 0. The van der Waals surface area contributed by atoms with Crippen LogP contribution in [0.1, 0.15) is 45.4 Å². The van der Waals surface area contributed by atoms with E-state index in [4.69, 9.17) is 0 Å². The van der Waals surface area contributed by atoms with Gasteiger partial charge in [0, 0.05) is 12.5 Å². The van der Waals surface area contributed by atoms with Gasteiger partial charge >= 0.3 is 0 Å². The molecule has 1 saturated carbocycles. The lowest BCUT2D eigenvalue weighted by Crippen LogP contribution is -2.46. The zero-order valence-corrected chi connectivity index (χ0v) is 10.3. The molecule has 0 spiro atoms. The highest BCUT2D eigenvalue weighted by Gasteiger charge is 2.24. The molecule has 0 aromatic carbocycles. The molecule has 0 aromatic heterocycles. The Bertz CT molecular complexity index is 238.